The molecule has 0 bridgehead atoms. The number of aryl methyl sites for hydroxylation is 1. The van der Waals surface area contributed by atoms with Crippen molar-refractivity contribution >= 4 is 27.5 Å². The van der Waals surface area contributed by atoms with E-state index >= 15 is 0 Å². The second-order valence-electron chi connectivity index (χ2n) is 7.04. The topological polar surface area (TPSA) is 75.0 Å². The molecule has 5 nitrogen and oxygen atoms in total. The maximum atomic E-state index is 12.5. The zero-order chi connectivity index (χ0) is 16.1. The number of carboxylic acid groups (broad SMARTS) is 1. The molecule has 22 heavy (non-hydrogen) atoms. The van der Waals surface area contributed by atoms with Gasteiger partial charge in [0, 0.05) is 4.88 Å². The van der Waals surface area contributed by atoms with E-state index in [4.69, 9.17) is 0 Å². The summed E-state index contributed by atoms with van der Waals surface area (Å²) in [6.07, 6.45) is 4.20. The summed E-state index contributed by atoms with van der Waals surface area (Å²) in [6.45, 7) is 6.31. The fourth-order valence-corrected chi connectivity index (χ4v) is 4.45. The lowest BCUT2D eigenvalue weighted by Crippen LogP contribution is -2.33. The monoisotopic (exact) mass is 319 g/mol. The number of thiophene rings is 1. The van der Waals surface area contributed by atoms with Crippen LogP contribution in [0.1, 0.15) is 37.6 Å². The molecule has 1 atom stereocenters. The molecular weight excluding hydrogens is 300 g/mol. The van der Waals surface area contributed by atoms with Crippen molar-refractivity contribution in [2.75, 3.05) is 0 Å². The van der Waals surface area contributed by atoms with E-state index in [1.807, 2.05) is 0 Å². The van der Waals surface area contributed by atoms with Gasteiger partial charge >= 0.3 is 0 Å². The molecule has 0 N–H and O–H groups in total. The number of fused-ring (bicyclic) bond motifs is 3. The summed E-state index contributed by atoms with van der Waals surface area (Å²) in [6, 6.07) is 0. The van der Waals surface area contributed by atoms with E-state index in [0.29, 0.717) is 11.3 Å². The lowest BCUT2D eigenvalue weighted by molar-refractivity contribution is -0.306. The molecule has 0 aromatic carbocycles. The van der Waals surface area contributed by atoms with Crippen molar-refractivity contribution in [3.8, 4) is 0 Å². The molecule has 3 rings (SSSR count). The normalized spacial score (nSPS) is 18.4. The maximum Gasteiger partial charge on any atom is 0.262 e. The zero-order valence-corrected chi connectivity index (χ0v) is 13.8. The largest absolute Gasteiger partial charge is 0.548 e. The number of carbonyl (C=O) groups excluding carboxylic acids is 1. The van der Waals surface area contributed by atoms with Gasteiger partial charge in [0.05, 0.1) is 24.2 Å². The highest BCUT2D eigenvalue weighted by Crippen LogP contribution is 2.41. The van der Waals surface area contributed by atoms with Crippen LogP contribution in [0.4, 0.5) is 0 Å². The van der Waals surface area contributed by atoms with E-state index in [9.17, 15) is 14.7 Å². The van der Waals surface area contributed by atoms with E-state index in [2.05, 4.69) is 25.8 Å². The molecule has 0 aliphatic heterocycles. The Morgan fingerprint density at radius 2 is 2.23 bits per heavy atom. The number of rotatable bonds is 2. The van der Waals surface area contributed by atoms with E-state index in [1.165, 1.54) is 11.2 Å². The Bertz CT molecular complexity index is 798. The summed E-state index contributed by atoms with van der Waals surface area (Å²) in [7, 11) is 0. The molecule has 2 heterocycles. The van der Waals surface area contributed by atoms with Gasteiger partial charge in [-0.2, -0.15) is 0 Å². The van der Waals surface area contributed by atoms with Crippen molar-refractivity contribution in [2.24, 2.45) is 11.3 Å². The Morgan fingerprint density at radius 1 is 1.50 bits per heavy atom. The fraction of sp³-hybridized carbons (Fsp3) is 0.562. The minimum atomic E-state index is -1.28. The standard InChI is InChI=1S/C16H20N2O3S/c1-16(2,3)9-4-5-10-11(6-9)22-14-13(10)15(21)18(8-17-14)7-12(19)20/h8-9H,4-7H2,1-3H3,(H,19,20)/p-1/t9-/m1/s1. The molecule has 0 radical (unpaired) electrons. The lowest BCUT2D eigenvalue weighted by atomic mass is 9.72. The lowest BCUT2D eigenvalue weighted by Gasteiger charge is -2.33. The molecule has 0 amide bonds. The van der Waals surface area contributed by atoms with Crippen LogP contribution in [0.2, 0.25) is 0 Å². The zero-order valence-electron chi connectivity index (χ0n) is 13.0. The second kappa shape index (κ2) is 5.19. The highest BCUT2D eigenvalue weighted by Gasteiger charge is 2.31. The third-order valence-electron chi connectivity index (χ3n) is 4.56. The van der Waals surface area contributed by atoms with Crippen LogP contribution >= 0.6 is 11.3 Å². The van der Waals surface area contributed by atoms with Crippen LogP contribution in [0.5, 0.6) is 0 Å². The van der Waals surface area contributed by atoms with E-state index in [-0.39, 0.29) is 11.0 Å². The van der Waals surface area contributed by atoms with Gasteiger partial charge in [0.25, 0.3) is 5.56 Å². The summed E-state index contributed by atoms with van der Waals surface area (Å²) in [5, 5.41) is 11.3. The van der Waals surface area contributed by atoms with Gasteiger partial charge in [-0.05, 0) is 36.2 Å². The van der Waals surface area contributed by atoms with Gasteiger partial charge in [0.1, 0.15) is 4.83 Å². The van der Waals surface area contributed by atoms with Crippen LogP contribution in [0.15, 0.2) is 11.1 Å². The van der Waals surface area contributed by atoms with Gasteiger partial charge in [0.15, 0.2) is 0 Å². The summed E-state index contributed by atoms with van der Waals surface area (Å²) >= 11 is 1.57. The molecule has 2 aromatic heterocycles. The summed E-state index contributed by atoms with van der Waals surface area (Å²) < 4.78 is 1.13. The fourth-order valence-electron chi connectivity index (χ4n) is 3.19. The summed E-state index contributed by atoms with van der Waals surface area (Å²) in [5.41, 5.74) is 1.06. The van der Waals surface area contributed by atoms with Gasteiger partial charge in [-0.1, -0.05) is 20.8 Å². The minimum Gasteiger partial charge on any atom is -0.548 e. The molecule has 0 fully saturated rings. The SMILES string of the molecule is CC(C)(C)[C@@H]1CCc2c(sc3ncn(CC(=O)[O-])c(=O)c23)C1. The quantitative estimate of drug-likeness (QED) is 0.837. The first-order valence-electron chi connectivity index (χ1n) is 7.47. The Morgan fingerprint density at radius 3 is 2.86 bits per heavy atom. The van der Waals surface area contributed by atoms with Crippen molar-refractivity contribution in [3.63, 3.8) is 0 Å². The van der Waals surface area contributed by atoms with Crippen molar-refractivity contribution in [1.29, 1.82) is 0 Å². The molecule has 1 aliphatic carbocycles. The first kappa shape index (κ1) is 15.2. The first-order chi connectivity index (χ1) is 10.3. The van der Waals surface area contributed by atoms with Crippen LogP contribution in [-0.4, -0.2) is 15.5 Å². The molecular formula is C16H19N2O3S-. The summed E-state index contributed by atoms with van der Waals surface area (Å²) in [5.74, 6) is -0.682. The smallest absolute Gasteiger partial charge is 0.262 e. The number of nitrogens with zero attached hydrogens (tertiary/aromatic N) is 2. The number of carbonyl (C=O) groups is 1. The van der Waals surface area contributed by atoms with Gasteiger partial charge in [-0.15, -0.1) is 11.3 Å². The van der Waals surface area contributed by atoms with Crippen molar-refractivity contribution in [2.45, 2.75) is 46.6 Å². The van der Waals surface area contributed by atoms with E-state index < -0.39 is 12.5 Å². The predicted molar refractivity (Wildman–Crippen MR) is 83.9 cm³/mol. The first-order valence-corrected chi connectivity index (χ1v) is 8.28. The third kappa shape index (κ3) is 2.56. The number of aliphatic carboxylic acids is 1. The highest BCUT2D eigenvalue weighted by molar-refractivity contribution is 7.18. The Labute approximate surface area is 132 Å². The number of hydrogen-bond acceptors (Lipinski definition) is 5. The Kier molecular flexibility index (Phi) is 3.59. The molecule has 0 unspecified atom stereocenters. The molecule has 6 heteroatoms. The van der Waals surface area contributed by atoms with Crippen molar-refractivity contribution in [1.82, 2.24) is 9.55 Å². The predicted octanol–water partition coefficient (Wildman–Crippen LogP) is 1.36. The van der Waals surface area contributed by atoms with E-state index in [1.54, 1.807) is 11.3 Å². The molecule has 0 saturated carbocycles. The molecule has 0 saturated heterocycles. The minimum absolute atomic E-state index is 0.247. The van der Waals surface area contributed by atoms with Crippen LogP contribution < -0.4 is 10.7 Å². The average Bonchev–Trinajstić information content (AvgIpc) is 2.78. The number of hydrogen-bond donors (Lipinski definition) is 0. The van der Waals surface area contributed by atoms with Crippen molar-refractivity contribution < 1.29 is 9.90 Å². The van der Waals surface area contributed by atoms with Gasteiger partial charge in [-0.3, -0.25) is 9.36 Å². The summed E-state index contributed by atoms with van der Waals surface area (Å²) in [4.78, 5) is 29.5. The Hall–Kier alpha value is -1.69. The van der Waals surface area contributed by atoms with Crippen molar-refractivity contribution in [3.05, 3.63) is 27.1 Å². The maximum absolute atomic E-state index is 12.5. The van der Waals surface area contributed by atoms with Crippen LogP contribution in [0, 0.1) is 11.3 Å². The van der Waals surface area contributed by atoms with Crippen LogP contribution in [0.3, 0.4) is 0 Å². The average molecular weight is 319 g/mol. The highest BCUT2D eigenvalue weighted by atomic mass is 32.1. The number of aromatic nitrogens is 2. The molecule has 2 aromatic rings. The number of carboxylic acids is 1. The molecule has 1 aliphatic rings. The Balaban J connectivity index is 2.08. The molecule has 0 spiro atoms. The van der Waals surface area contributed by atoms with Crippen LogP contribution in [-0.2, 0) is 24.2 Å². The van der Waals surface area contributed by atoms with E-state index in [0.717, 1.165) is 34.2 Å². The second-order valence-corrected chi connectivity index (χ2v) is 8.12. The molecule has 118 valence electrons. The van der Waals surface area contributed by atoms with Crippen LogP contribution in [0.25, 0.3) is 10.2 Å². The third-order valence-corrected chi connectivity index (χ3v) is 5.72. The van der Waals surface area contributed by atoms with Gasteiger partial charge < -0.3 is 9.90 Å². The van der Waals surface area contributed by atoms with Gasteiger partial charge in [0.2, 0.25) is 0 Å². The van der Waals surface area contributed by atoms with Gasteiger partial charge in [-0.25, -0.2) is 4.98 Å².